The van der Waals surface area contributed by atoms with Crippen LogP contribution in [0, 0.1) is 11.6 Å². The Kier molecular flexibility index (Phi) is 9.45. The molecule has 0 fully saturated rings. The minimum Gasteiger partial charge on any atom is -0.494 e. The van der Waals surface area contributed by atoms with E-state index in [-0.39, 0.29) is 35.5 Å². The van der Waals surface area contributed by atoms with Crippen molar-refractivity contribution in [3.63, 3.8) is 0 Å². The fourth-order valence-corrected chi connectivity index (χ4v) is 4.09. The zero-order chi connectivity index (χ0) is 28.7. The Morgan fingerprint density at radius 3 is 2.26 bits per heavy atom. The lowest BCUT2D eigenvalue weighted by molar-refractivity contribution is -0.139. The maximum atomic E-state index is 15.4. The first-order chi connectivity index (χ1) is 18.5. The standard InChI is InChI=1S/C29H27F5N2O3/c1-19(36(18-37)17-22-23(29(32,33)34)12-8-13-24(22)30)26(21-11-7-14-25(39-3)27(21)31)28(38)35(2)16-15-20-9-5-4-6-10-20/h4-14,18H,15-17H2,1-3H3/b26-19-. The molecule has 2 amide bonds. The monoisotopic (exact) mass is 546 g/mol. The summed E-state index contributed by atoms with van der Waals surface area (Å²) in [4.78, 5) is 27.9. The molecule has 0 N–H and O–H groups in total. The molecule has 0 bridgehead atoms. The number of carbonyl (C=O) groups is 2. The first-order valence-corrected chi connectivity index (χ1v) is 11.9. The van der Waals surface area contributed by atoms with Gasteiger partial charge in [-0.2, -0.15) is 13.2 Å². The third-order valence-corrected chi connectivity index (χ3v) is 6.26. The minimum atomic E-state index is -4.89. The number of amides is 2. The highest BCUT2D eigenvalue weighted by Gasteiger charge is 2.35. The van der Waals surface area contributed by atoms with Crippen molar-refractivity contribution in [3.05, 3.63) is 106 Å². The summed E-state index contributed by atoms with van der Waals surface area (Å²) in [6, 6.07) is 15.8. The molecule has 0 unspecified atom stereocenters. The van der Waals surface area contributed by atoms with E-state index in [1.807, 2.05) is 30.3 Å². The summed E-state index contributed by atoms with van der Waals surface area (Å²) in [5.74, 6) is -2.94. The molecule has 3 rings (SSSR count). The van der Waals surface area contributed by atoms with Crippen LogP contribution in [-0.4, -0.2) is 42.8 Å². The van der Waals surface area contributed by atoms with Crippen LogP contribution in [0.15, 0.2) is 72.4 Å². The average Bonchev–Trinajstić information content (AvgIpc) is 2.91. The fraction of sp³-hybridized carbons (Fsp3) is 0.241. The number of nitrogens with zero attached hydrogens (tertiary/aromatic N) is 2. The van der Waals surface area contributed by atoms with Crippen LogP contribution >= 0.6 is 0 Å². The van der Waals surface area contributed by atoms with Gasteiger partial charge in [0.1, 0.15) is 5.82 Å². The molecule has 0 radical (unpaired) electrons. The van der Waals surface area contributed by atoms with Gasteiger partial charge in [-0.05, 0) is 37.1 Å². The summed E-state index contributed by atoms with van der Waals surface area (Å²) in [6.07, 6.45) is -4.24. The normalized spacial score (nSPS) is 12.0. The van der Waals surface area contributed by atoms with E-state index >= 15 is 4.39 Å². The van der Waals surface area contributed by atoms with E-state index in [0.717, 1.165) is 22.6 Å². The third-order valence-electron chi connectivity index (χ3n) is 6.26. The molecular weight excluding hydrogens is 519 g/mol. The average molecular weight is 547 g/mol. The van der Waals surface area contributed by atoms with Gasteiger partial charge in [-0.1, -0.05) is 48.5 Å². The van der Waals surface area contributed by atoms with E-state index in [4.69, 9.17) is 4.74 Å². The largest absolute Gasteiger partial charge is 0.494 e. The molecule has 0 spiro atoms. The molecule has 3 aromatic carbocycles. The van der Waals surface area contributed by atoms with Crippen LogP contribution in [0.4, 0.5) is 22.0 Å². The van der Waals surface area contributed by atoms with Crippen molar-refractivity contribution >= 4 is 17.9 Å². The Hall–Kier alpha value is -4.21. The third kappa shape index (κ3) is 6.81. The maximum Gasteiger partial charge on any atom is 0.416 e. The zero-order valence-electron chi connectivity index (χ0n) is 21.6. The van der Waals surface area contributed by atoms with Crippen LogP contribution in [0.5, 0.6) is 5.75 Å². The number of rotatable bonds is 10. The lowest BCUT2D eigenvalue weighted by Crippen LogP contribution is -2.32. The number of allylic oxidation sites excluding steroid dienone is 1. The van der Waals surface area contributed by atoms with Crippen LogP contribution in [-0.2, 0) is 28.7 Å². The second-order valence-electron chi connectivity index (χ2n) is 8.74. The van der Waals surface area contributed by atoms with Gasteiger partial charge in [0.25, 0.3) is 5.91 Å². The number of methoxy groups -OCH3 is 1. The van der Waals surface area contributed by atoms with Crippen molar-refractivity contribution in [1.29, 1.82) is 0 Å². The van der Waals surface area contributed by atoms with Crippen molar-refractivity contribution in [2.75, 3.05) is 20.7 Å². The zero-order valence-corrected chi connectivity index (χ0v) is 21.6. The lowest BCUT2D eigenvalue weighted by Gasteiger charge is -2.26. The van der Waals surface area contributed by atoms with Crippen molar-refractivity contribution in [2.45, 2.75) is 26.1 Å². The summed E-state index contributed by atoms with van der Waals surface area (Å²) >= 11 is 0. The predicted molar refractivity (Wildman–Crippen MR) is 136 cm³/mol. The van der Waals surface area contributed by atoms with Crippen molar-refractivity contribution < 1.29 is 36.3 Å². The number of halogens is 5. The van der Waals surface area contributed by atoms with Gasteiger partial charge < -0.3 is 14.5 Å². The molecule has 0 aliphatic heterocycles. The van der Waals surface area contributed by atoms with E-state index in [1.165, 1.54) is 44.2 Å². The Balaban J connectivity index is 2.10. The van der Waals surface area contributed by atoms with E-state index in [0.29, 0.717) is 12.5 Å². The number of ether oxygens (including phenoxy) is 1. The van der Waals surface area contributed by atoms with Gasteiger partial charge in [-0.3, -0.25) is 9.59 Å². The fourth-order valence-electron chi connectivity index (χ4n) is 4.09. The summed E-state index contributed by atoms with van der Waals surface area (Å²) in [5.41, 5.74) is -1.76. The Morgan fingerprint density at radius 1 is 0.974 bits per heavy atom. The highest BCUT2D eigenvalue weighted by molar-refractivity contribution is 6.20. The van der Waals surface area contributed by atoms with E-state index in [1.54, 1.807) is 0 Å². The number of hydrogen-bond donors (Lipinski definition) is 0. The van der Waals surface area contributed by atoms with Crippen molar-refractivity contribution in [1.82, 2.24) is 9.80 Å². The van der Waals surface area contributed by atoms with Crippen LogP contribution in [0.3, 0.4) is 0 Å². The highest BCUT2D eigenvalue weighted by atomic mass is 19.4. The molecule has 5 nitrogen and oxygen atoms in total. The summed E-state index contributed by atoms with van der Waals surface area (Å²) in [7, 11) is 2.72. The van der Waals surface area contributed by atoms with Crippen LogP contribution < -0.4 is 4.74 Å². The summed E-state index contributed by atoms with van der Waals surface area (Å²) in [5, 5.41) is 0. The molecule has 0 aromatic heterocycles. The Labute approximate surface area is 223 Å². The van der Waals surface area contributed by atoms with Gasteiger partial charge in [0.2, 0.25) is 6.41 Å². The van der Waals surface area contributed by atoms with Gasteiger partial charge in [0.05, 0.1) is 24.8 Å². The topological polar surface area (TPSA) is 49.9 Å². The smallest absolute Gasteiger partial charge is 0.416 e. The molecule has 0 aliphatic rings. The van der Waals surface area contributed by atoms with Crippen molar-refractivity contribution in [2.24, 2.45) is 0 Å². The lowest BCUT2D eigenvalue weighted by atomic mass is 9.99. The molecule has 10 heteroatoms. The summed E-state index contributed by atoms with van der Waals surface area (Å²) < 4.78 is 75.8. The Morgan fingerprint density at radius 2 is 1.64 bits per heavy atom. The number of hydrogen-bond acceptors (Lipinski definition) is 3. The van der Waals surface area contributed by atoms with Gasteiger partial charge in [0.15, 0.2) is 11.6 Å². The molecule has 0 aliphatic carbocycles. The van der Waals surface area contributed by atoms with Gasteiger partial charge >= 0.3 is 6.18 Å². The number of alkyl halides is 3. The second-order valence-corrected chi connectivity index (χ2v) is 8.74. The van der Waals surface area contributed by atoms with E-state index in [9.17, 15) is 27.2 Å². The second kappa shape index (κ2) is 12.6. The SMILES string of the molecule is COc1cccc(/C(C(=O)N(C)CCc2ccccc2)=C(\C)N(C=O)Cc2c(F)cccc2C(F)(F)F)c1F. The first-order valence-electron chi connectivity index (χ1n) is 11.9. The molecule has 0 saturated carbocycles. The quantitative estimate of drug-likeness (QED) is 0.176. The summed E-state index contributed by atoms with van der Waals surface area (Å²) in [6.45, 7) is 0.671. The molecular formula is C29H27F5N2O3. The van der Waals surface area contributed by atoms with Gasteiger partial charge in [-0.25, -0.2) is 8.78 Å². The molecule has 0 saturated heterocycles. The van der Waals surface area contributed by atoms with Gasteiger partial charge in [0, 0.05) is 30.4 Å². The van der Waals surface area contributed by atoms with E-state index < -0.39 is 41.4 Å². The van der Waals surface area contributed by atoms with Crippen molar-refractivity contribution in [3.8, 4) is 5.75 Å². The first kappa shape index (κ1) is 29.3. The van der Waals surface area contributed by atoms with Crippen LogP contribution in [0.2, 0.25) is 0 Å². The molecule has 3 aromatic rings. The molecule has 39 heavy (non-hydrogen) atoms. The van der Waals surface area contributed by atoms with Gasteiger partial charge in [-0.15, -0.1) is 0 Å². The molecule has 0 heterocycles. The number of likely N-dealkylation sites (N-methyl/N-ethyl adjacent to an activating group) is 1. The van der Waals surface area contributed by atoms with Crippen LogP contribution in [0.1, 0.15) is 29.2 Å². The number of carbonyl (C=O) groups excluding carboxylic acids is 2. The number of benzene rings is 3. The Bertz CT molecular complexity index is 1360. The minimum absolute atomic E-state index is 0.162. The molecule has 206 valence electrons. The predicted octanol–water partition coefficient (Wildman–Crippen LogP) is 6.08. The maximum absolute atomic E-state index is 15.4. The molecule has 0 atom stereocenters. The van der Waals surface area contributed by atoms with Crippen LogP contribution in [0.25, 0.3) is 5.57 Å². The van der Waals surface area contributed by atoms with E-state index in [2.05, 4.69) is 0 Å². The highest BCUT2D eigenvalue weighted by Crippen LogP contribution is 2.35.